The number of amides is 1. The molecule has 0 spiro atoms. The summed E-state index contributed by atoms with van der Waals surface area (Å²) < 4.78 is 8.44. The van der Waals surface area contributed by atoms with Gasteiger partial charge in [-0.2, -0.15) is 0 Å². The van der Waals surface area contributed by atoms with Crippen LogP contribution in [0.4, 0.5) is 5.69 Å². The molecule has 2 bridgehead atoms. The molecule has 1 aliphatic carbocycles. The minimum atomic E-state index is -0.514. The van der Waals surface area contributed by atoms with E-state index in [-0.39, 0.29) is 12.5 Å². The highest BCUT2D eigenvalue weighted by Gasteiger charge is 2.49. The molecule has 0 radical (unpaired) electrons. The molecular formula is C29H35BrN4O3. The van der Waals surface area contributed by atoms with Gasteiger partial charge >= 0.3 is 5.91 Å². The molecule has 2 atom stereocenters. The van der Waals surface area contributed by atoms with Crippen molar-refractivity contribution in [3.8, 4) is 11.6 Å². The van der Waals surface area contributed by atoms with Crippen LogP contribution in [0.25, 0.3) is 10.9 Å². The molecule has 2 aliphatic rings. The van der Waals surface area contributed by atoms with Gasteiger partial charge in [0.05, 0.1) is 12.2 Å². The maximum absolute atomic E-state index is 12.5. The monoisotopic (exact) mass is 566 g/mol. The zero-order valence-corrected chi connectivity index (χ0v) is 23.8. The number of hydrogen-bond acceptors (Lipinski definition) is 5. The quantitative estimate of drug-likeness (QED) is 0.318. The number of likely N-dealkylation sites (tertiary alicyclic amines) is 1. The maximum atomic E-state index is 12.5. The number of carbonyl (C=O) groups excluding carboxylic acids is 1. The number of ether oxygens (including phenoxy) is 1. The molecule has 37 heavy (non-hydrogen) atoms. The highest BCUT2D eigenvalue weighted by atomic mass is 79.9. The van der Waals surface area contributed by atoms with Crippen LogP contribution in [0, 0.1) is 24.7 Å². The maximum Gasteiger partial charge on any atom is 0.302 e. The number of rotatable bonds is 6. The standard InChI is InChI=1S/C29H35BrN4O3/c1-18-7-6-8-24(19(18)2)37-14-25(35)31-32-26-22-11-20(30)9-10-23(22)34(27(26)36)17-33-16-29(5)13-21(33)12-28(3,4)15-29/h6-11,21,36H,12-17H2,1-5H3/t21-,29+/m0/s1. The van der Waals surface area contributed by atoms with E-state index in [0.29, 0.717) is 35.0 Å². The molecule has 2 fully saturated rings. The van der Waals surface area contributed by atoms with E-state index in [1.165, 1.54) is 12.8 Å². The molecule has 5 rings (SSSR count). The number of carbonyl (C=O) groups is 1. The van der Waals surface area contributed by atoms with Crippen molar-refractivity contribution in [3.05, 3.63) is 52.0 Å². The van der Waals surface area contributed by atoms with Gasteiger partial charge in [0.2, 0.25) is 5.88 Å². The summed E-state index contributed by atoms with van der Waals surface area (Å²) in [6.45, 7) is 12.4. The van der Waals surface area contributed by atoms with Gasteiger partial charge in [0.15, 0.2) is 12.3 Å². The van der Waals surface area contributed by atoms with Crippen molar-refractivity contribution in [1.82, 2.24) is 9.47 Å². The van der Waals surface area contributed by atoms with E-state index in [2.05, 4.69) is 51.8 Å². The van der Waals surface area contributed by atoms with Crippen LogP contribution < -0.4 is 4.74 Å². The second kappa shape index (κ2) is 9.55. The molecule has 1 aromatic heterocycles. The largest absolute Gasteiger partial charge is 0.493 e. The number of aromatic nitrogens is 1. The second-order valence-electron chi connectivity index (χ2n) is 11.9. The number of azo groups is 1. The molecule has 2 heterocycles. The van der Waals surface area contributed by atoms with E-state index in [1.807, 2.05) is 54.8 Å². The minimum absolute atomic E-state index is 0.0194. The summed E-state index contributed by atoms with van der Waals surface area (Å²) in [6.07, 6.45) is 3.54. The average molecular weight is 568 g/mol. The van der Waals surface area contributed by atoms with E-state index >= 15 is 0 Å². The van der Waals surface area contributed by atoms with Crippen molar-refractivity contribution < 1.29 is 14.6 Å². The van der Waals surface area contributed by atoms with Crippen LogP contribution in [0.3, 0.4) is 0 Å². The lowest BCUT2D eigenvalue weighted by Gasteiger charge is -2.40. The Labute approximate surface area is 226 Å². The van der Waals surface area contributed by atoms with Gasteiger partial charge in [0.25, 0.3) is 0 Å². The van der Waals surface area contributed by atoms with Crippen molar-refractivity contribution >= 4 is 38.4 Å². The first-order valence-corrected chi connectivity index (χ1v) is 13.6. The van der Waals surface area contributed by atoms with E-state index in [9.17, 15) is 9.90 Å². The summed E-state index contributed by atoms with van der Waals surface area (Å²) in [5, 5.41) is 20.1. The molecule has 0 unspecified atom stereocenters. The Morgan fingerprint density at radius 3 is 2.76 bits per heavy atom. The van der Waals surface area contributed by atoms with Crippen molar-refractivity contribution in [2.24, 2.45) is 21.1 Å². The highest BCUT2D eigenvalue weighted by Crippen LogP contribution is 2.53. The van der Waals surface area contributed by atoms with Crippen LogP contribution in [0.2, 0.25) is 0 Å². The predicted octanol–water partition coefficient (Wildman–Crippen LogP) is 7.27. The summed E-state index contributed by atoms with van der Waals surface area (Å²) >= 11 is 3.53. The van der Waals surface area contributed by atoms with Gasteiger partial charge in [0, 0.05) is 22.4 Å². The number of fused-ring (bicyclic) bond motifs is 3. The van der Waals surface area contributed by atoms with E-state index in [0.717, 1.165) is 39.5 Å². The molecular weight excluding hydrogens is 532 g/mol. The molecule has 3 aromatic rings. The summed E-state index contributed by atoms with van der Waals surface area (Å²) in [5.41, 5.74) is 3.84. The van der Waals surface area contributed by atoms with Crippen molar-refractivity contribution in [1.29, 1.82) is 0 Å². The lowest BCUT2D eigenvalue weighted by Crippen LogP contribution is -2.35. The first-order valence-electron chi connectivity index (χ1n) is 12.8. The summed E-state index contributed by atoms with van der Waals surface area (Å²) in [7, 11) is 0. The van der Waals surface area contributed by atoms with Crippen LogP contribution in [-0.4, -0.2) is 39.7 Å². The summed E-state index contributed by atoms with van der Waals surface area (Å²) in [6, 6.07) is 12.0. The molecule has 1 saturated carbocycles. The Bertz CT molecular complexity index is 1400. The van der Waals surface area contributed by atoms with Gasteiger partial charge in [0.1, 0.15) is 5.75 Å². The SMILES string of the molecule is Cc1cccc(OCC(=O)N=Nc2c(O)n(CN3C[C@]4(C)C[C@@H]3CC(C)(C)C4)c3ccc(Br)cc23)c1C. The number of nitrogens with zero attached hydrogens (tertiary/aromatic N) is 4. The summed E-state index contributed by atoms with van der Waals surface area (Å²) in [4.78, 5) is 15.0. The van der Waals surface area contributed by atoms with Gasteiger partial charge in [-0.05, 0) is 79.3 Å². The third kappa shape index (κ3) is 5.18. The lowest BCUT2D eigenvalue weighted by molar-refractivity contribution is -0.120. The number of hydrogen-bond donors (Lipinski definition) is 1. The predicted molar refractivity (Wildman–Crippen MR) is 148 cm³/mol. The van der Waals surface area contributed by atoms with Gasteiger partial charge in [-0.25, -0.2) is 0 Å². The summed E-state index contributed by atoms with van der Waals surface area (Å²) in [5.74, 6) is 0.158. The number of aryl methyl sites for hydroxylation is 1. The number of halogens is 1. The van der Waals surface area contributed by atoms with E-state index in [1.54, 1.807) is 0 Å². The Morgan fingerprint density at radius 2 is 1.97 bits per heavy atom. The normalized spacial score (nSPS) is 23.2. The third-order valence-electron chi connectivity index (χ3n) is 7.99. The molecule has 7 nitrogen and oxygen atoms in total. The van der Waals surface area contributed by atoms with Gasteiger partial charge in [-0.15, -0.1) is 10.2 Å². The van der Waals surface area contributed by atoms with Crippen LogP contribution in [0.15, 0.2) is 51.1 Å². The smallest absolute Gasteiger partial charge is 0.302 e. The van der Waals surface area contributed by atoms with Crippen molar-refractivity contribution in [2.45, 2.75) is 66.6 Å². The van der Waals surface area contributed by atoms with E-state index in [4.69, 9.17) is 4.74 Å². The Kier molecular flexibility index (Phi) is 6.69. The molecule has 8 heteroatoms. The van der Waals surface area contributed by atoms with Crippen molar-refractivity contribution in [3.63, 3.8) is 0 Å². The Hall–Kier alpha value is -2.71. The highest BCUT2D eigenvalue weighted by molar-refractivity contribution is 9.10. The molecule has 2 aromatic carbocycles. The fraction of sp³-hybridized carbons (Fsp3) is 0.483. The molecule has 196 valence electrons. The minimum Gasteiger partial charge on any atom is -0.493 e. The van der Waals surface area contributed by atoms with Crippen LogP contribution >= 0.6 is 15.9 Å². The first-order chi connectivity index (χ1) is 17.4. The molecule has 1 amide bonds. The van der Waals surface area contributed by atoms with Crippen LogP contribution in [-0.2, 0) is 11.5 Å². The molecule has 1 N–H and O–H groups in total. The third-order valence-corrected chi connectivity index (χ3v) is 8.48. The topological polar surface area (TPSA) is 79.4 Å². The average Bonchev–Trinajstić information content (AvgIpc) is 3.21. The zero-order valence-electron chi connectivity index (χ0n) is 22.2. The van der Waals surface area contributed by atoms with Crippen LogP contribution in [0.1, 0.15) is 51.2 Å². The lowest BCUT2D eigenvalue weighted by atomic mass is 9.65. The number of benzene rings is 2. The Morgan fingerprint density at radius 1 is 1.19 bits per heavy atom. The van der Waals surface area contributed by atoms with E-state index < -0.39 is 5.91 Å². The molecule has 1 saturated heterocycles. The van der Waals surface area contributed by atoms with Gasteiger partial charge in [-0.1, -0.05) is 48.8 Å². The fourth-order valence-electron chi connectivity index (χ4n) is 6.62. The van der Waals surface area contributed by atoms with Gasteiger partial charge < -0.3 is 9.84 Å². The first kappa shape index (κ1) is 25.9. The molecule has 1 aliphatic heterocycles. The second-order valence-corrected chi connectivity index (χ2v) is 12.9. The Balaban J connectivity index is 1.39. The van der Waals surface area contributed by atoms with Crippen LogP contribution in [0.5, 0.6) is 11.6 Å². The fourth-order valence-corrected chi connectivity index (χ4v) is 6.98. The zero-order chi connectivity index (χ0) is 26.5. The van der Waals surface area contributed by atoms with Crippen molar-refractivity contribution in [2.75, 3.05) is 13.2 Å². The van der Waals surface area contributed by atoms with Gasteiger partial charge in [-0.3, -0.25) is 14.3 Å². The number of aromatic hydroxyl groups is 1.